The first kappa shape index (κ1) is 20.8. The van der Waals surface area contributed by atoms with E-state index < -0.39 is 52.0 Å². The number of rotatable bonds is 4. The maximum Gasteiger partial charge on any atom is 0.269 e. The first-order valence-electron chi connectivity index (χ1n) is 10.3. The predicted octanol–water partition coefficient (Wildman–Crippen LogP) is 0.704. The van der Waals surface area contributed by atoms with Crippen molar-refractivity contribution in [3.8, 4) is 0 Å². The minimum absolute atomic E-state index is 0.177. The van der Waals surface area contributed by atoms with Gasteiger partial charge in [0.25, 0.3) is 5.69 Å². The zero-order valence-electron chi connectivity index (χ0n) is 17.4. The van der Waals surface area contributed by atoms with Crippen molar-refractivity contribution in [3.63, 3.8) is 0 Å². The summed E-state index contributed by atoms with van der Waals surface area (Å²) in [4.78, 5) is 63.9. The summed E-state index contributed by atoms with van der Waals surface area (Å²) in [7, 11) is 0. The number of carbonyl (C=O) groups is 4. The van der Waals surface area contributed by atoms with E-state index in [0.29, 0.717) is 16.8 Å². The van der Waals surface area contributed by atoms with Gasteiger partial charge in [-0.15, -0.1) is 0 Å². The molecule has 2 fully saturated rings. The third-order valence-electron chi connectivity index (χ3n) is 6.68. The summed E-state index contributed by atoms with van der Waals surface area (Å²) < 4.78 is 0. The Hall–Kier alpha value is -4.12. The van der Waals surface area contributed by atoms with E-state index in [0.717, 1.165) is 4.90 Å². The number of carbonyl (C=O) groups excluding carboxylic acids is 4. The van der Waals surface area contributed by atoms with Crippen LogP contribution in [0.2, 0.25) is 0 Å². The van der Waals surface area contributed by atoms with Gasteiger partial charge in [0.05, 0.1) is 22.4 Å². The molecular formula is C22H19N5O6. The number of aryl methyl sites for hydroxylation is 1. The van der Waals surface area contributed by atoms with Crippen LogP contribution >= 0.6 is 0 Å². The lowest BCUT2D eigenvalue weighted by Gasteiger charge is -2.29. The summed E-state index contributed by atoms with van der Waals surface area (Å²) >= 11 is 0. The zero-order valence-corrected chi connectivity index (χ0v) is 17.4. The highest BCUT2D eigenvalue weighted by Gasteiger charge is 2.70. The van der Waals surface area contributed by atoms with Crippen LogP contribution in [0.5, 0.6) is 0 Å². The molecule has 11 heteroatoms. The topological polar surface area (TPSA) is 165 Å². The van der Waals surface area contributed by atoms with Gasteiger partial charge < -0.3 is 11.1 Å². The zero-order chi connectivity index (χ0) is 23.7. The number of non-ortho nitro benzene ring substituents is 1. The lowest BCUT2D eigenvalue weighted by molar-refractivity contribution is -0.384. The average Bonchev–Trinajstić information content (AvgIpc) is 3.33. The summed E-state index contributed by atoms with van der Waals surface area (Å²) in [6.07, 6.45) is -0.246. The highest BCUT2D eigenvalue weighted by molar-refractivity contribution is 6.26. The second-order valence-corrected chi connectivity index (χ2v) is 8.47. The molecule has 5 rings (SSSR count). The fraction of sp³-hybridized carbons (Fsp3) is 0.273. The van der Waals surface area contributed by atoms with Crippen molar-refractivity contribution in [2.75, 3.05) is 10.2 Å². The Kier molecular flexibility index (Phi) is 4.37. The smallest absolute Gasteiger partial charge is 0.269 e. The Morgan fingerprint density at radius 2 is 1.91 bits per heavy atom. The molecule has 1 spiro atoms. The molecule has 2 aromatic carbocycles. The summed E-state index contributed by atoms with van der Waals surface area (Å²) in [5, 5.41) is 17.0. The van der Waals surface area contributed by atoms with Crippen LogP contribution in [0.15, 0.2) is 42.5 Å². The summed E-state index contributed by atoms with van der Waals surface area (Å²) in [6.45, 7) is 1.56. The van der Waals surface area contributed by atoms with E-state index in [-0.39, 0.29) is 17.8 Å². The van der Waals surface area contributed by atoms with Gasteiger partial charge in [-0.25, -0.2) is 4.90 Å². The molecule has 4 amide bonds. The van der Waals surface area contributed by atoms with Crippen LogP contribution in [0.1, 0.15) is 17.5 Å². The largest absolute Gasteiger partial charge is 0.370 e. The lowest BCUT2D eigenvalue weighted by atomic mass is 9.76. The van der Waals surface area contributed by atoms with Gasteiger partial charge in [-0.1, -0.05) is 18.2 Å². The van der Waals surface area contributed by atoms with Crippen molar-refractivity contribution in [3.05, 3.63) is 63.7 Å². The molecule has 4 N–H and O–H groups in total. The van der Waals surface area contributed by atoms with Crippen LogP contribution in [-0.2, 0) is 24.7 Å². The maximum absolute atomic E-state index is 13.8. The van der Waals surface area contributed by atoms with Gasteiger partial charge in [0.15, 0.2) is 0 Å². The number of para-hydroxylation sites is 1. The van der Waals surface area contributed by atoms with Gasteiger partial charge in [-0.3, -0.25) is 34.6 Å². The van der Waals surface area contributed by atoms with Gasteiger partial charge in [-0.05, 0) is 24.6 Å². The molecule has 0 bridgehead atoms. The van der Waals surface area contributed by atoms with Crippen molar-refractivity contribution in [2.24, 2.45) is 17.6 Å². The Balaban J connectivity index is 1.66. The van der Waals surface area contributed by atoms with Crippen LogP contribution in [0.4, 0.5) is 17.1 Å². The lowest BCUT2D eigenvalue weighted by Crippen LogP contribution is -2.53. The first-order valence-corrected chi connectivity index (χ1v) is 10.3. The third-order valence-corrected chi connectivity index (χ3v) is 6.68. The van der Waals surface area contributed by atoms with E-state index in [2.05, 4.69) is 10.6 Å². The average molecular weight is 449 g/mol. The molecule has 4 atom stereocenters. The van der Waals surface area contributed by atoms with E-state index in [1.54, 1.807) is 31.2 Å². The van der Waals surface area contributed by atoms with Gasteiger partial charge >= 0.3 is 0 Å². The van der Waals surface area contributed by atoms with Crippen molar-refractivity contribution in [1.29, 1.82) is 0 Å². The number of nitrogens with zero attached hydrogens (tertiary/aromatic N) is 2. The van der Waals surface area contributed by atoms with E-state index in [1.165, 1.54) is 18.2 Å². The van der Waals surface area contributed by atoms with Crippen LogP contribution < -0.4 is 21.3 Å². The number of nitro benzene ring substituents is 1. The number of hydrogen-bond donors (Lipinski definition) is 3. The monoisotopic (exact) mass is 449 g/mol. The fourth-order valence-corrected chi connectivity index (χ4v) is 5.39. The van der Waals surface area contributed by atoms with Crippen LogP contribution in [0, 0.1) is 28.9 Å². The quantitative estimate of drug-likeness (QED) is 0.351. The summed E-state index contributed by atoms with van der Waals surface area (Å²) in [5.41, 5.74) is 5.28. The Bertz CT molecular complexity index is 1280. The number of hydrogen-bond acceptors (Lipinski definition) is 7. The number of amides is 4. The number of anilines is 2. The Labute approximate surface area is 187 Å². The van der Waals surface area contributed by atoms with Crippen molar-refractivity contribution < 1.29 is 24.1 Å². The molecule has 11 nitrogen and oxygen atoms in total. The van der Waals surface area contributed by atoms with E-state index in [9.17, 15) is 29.3 Å². The fourth-order valence-electron chi connectivity index (χ4n) is 5.39. The predicted molar refractivity (Wildman–Crippen MR) is 115 cm³/mol. The molecular weight excluding hydrogens is 430 g/mol. The van der Waals surface area contributed by atoms with E-state index >= 15 is 0 Å². The Morgan fingerprint density at radius 1 is 1.18 bits per heavy atom. The van der Waals surface area contributed by atoms with E-state index in [1.807, 2.05) is 0 Å². The highest BCUT2D eigenvalue weighted by atomic mass is 16.6. The summed E-state index contributed by atoms with van der Waals surface area (Å²) in [6, 6.07) is 9.83. The molecule has 2 saturated heterocycles. The maximum atomic E-state index is 13.8. The third kappa shape index (κ3) is 2.72. The molecule has 3 aliphatic rings. The first-order chi connectivity index (χ1) is 15.7. The molecule has 0 unspecified atom stereocenters. The molecule has 3 heterocycles. The van der Waals surface area contributed by atoms with Gasteiger partial charge in [-0.2, -0.15) is 0 Å². The molecule has 0 aromatic heterocycles. The number of imide groups is 1. The number of primary amides is 1. The van der Waals surface area contributed by atoms with Crippen LogP contribution in [0.3, 0.4) is 0 Å². The molecule has 2 aromatic rings. The van der Waals surface area contributed by atoms with Crippen LogP contribution in [-0.4, -0.2) is 34.6 Å². The SMILES string of the molecule is Cc1cc([N+](=O)[O-])ccc1N1C(=O)[C@@H]2[C@H](CC(N)=O)N[C@]3(C(=O)Nc4ccccc43)[C@@H]2C1=O. The molecule has 0 radical (unpaired) electrons. The summed E-state index contributed by atoms with van der Waals surface area (Å²) in [5.74, 6) is -4.51. The van der Waals surface area contributed by atoms with Gasteiger partial charge in [0.2, 0.25) is 23.6 Å². The number of benzene rings is 2. The molecule has 3 aliphatic heterocycles. The van der Waals surface area contributed by atoms with E-state index in [4.69, 9.17) is 5.73 Å². The molecule has 0 aliphatic carbocycles. The minimum Gasteiger partial charge on any atom is -0.370 e. The highest BCUT2D eigenvalue weighted by Crippen LogP contribution is 2.54. The Morgan fingerprint density at radius 3 is 2.58 bits per heavy atom. The second kappa shape index (κ2) is 6.94. The standard InChI is InChI=1S/C22H19N5O6/c1-10-8-11(27(32)33)6-7-15(10)26-19(29)17-14(9-16(23)28)25-22(18(17)20(26)30)12-4-2-3-5-13(12)24-21(22)31/h2-8,14,17-18,25H,9H2,1H3,(H2,23,28)(H,24,31)/t14-,17+,18-,22-/m0/s1. The van der Waals surface area contributed by atoms with Gasteiger partial charge in [0, 0.05) is 35.8 Å². The number of nitrogens with one attached hydrogen (secondary N) is 2. The van der Waals surface area contributed by atoms with Crippen molar-refractivity contribution >= 4 is 40.7 Å². The second-order valence-electron chi connectivity index (χ2n) is 8.47. The van der Waals surface area contributed by atoms with Crippen LogP contribution in [0.25, 0.3) is 0 Å². The molecule has 168 valence electrons. The number of fused-ring (bicyclic) bond motifs is 4. The van der Waals surface area contributed by atoms with Crippen molar-refractivity contribution in [2.45, 2.75) is 24.9 Å². The van der Waals surface area contributed by atoms with Crippen molar-refractivity contribution in [1.82, 2.24) is 5.32 Å². The molecule has 0 saturated carbocycles. The number of nitro groups is 1. The van der Waals surface area contributed by atoms with Gasteiger partial charge in [0.1, 0.15) is 5.54 Å². The normalized spacial score (nSPS) is 27.6. The molecule has 33 heavy (non-hydrogen) atoms. The minimum atomic E-state index is -1.54. The number of nitrogens with two attached hydrogens (primary N) is 1.